The van der Waals surface area contributed by atoms with Crippen molar-refractivity contribution in [2.45, 2.75) is 13.8 Å². The summed E-state index contributed by atoms with van der Waals surface area (Å²) in [4.78, 5) is 33.8. The Morgan fingerprint density at radius 1 is 1.53 bits per heavy atom. The van der Waals surface area contributed by atoms with Crippen LogP contribution in [0.3, 0.4) is 0 Å². The van der Waals surface area contributed by atoms with Crippen molar-refractivity contribution >= 4 is 22.2 Å². The number of hydrogen-bond acceptors (Lipinski definition) is 5. The molecule has 0 saturated heterocycles. The maximum Gasteiger partial charge on any atom is 0.282 e. The van der Waals surface area contributed by atoms with E-state index >= 15 is 0 Å². The van der Waals surface area contributed by atoms with Crippen molar-refractivity contribution in [1.82, 2.24) is 14.9 Å². The summed E-state index contributed by atoms with van der Waals surface area (Å²) in [6.45, 7) is 3.73. The third-order valence-corrected chi connectivity index (χ3v) is 3.53. The molecule has 0 aromatic carbocycles. The maximum atomic E-state index is 12.1. The average Bonchev–Trinajstić information content (AvgIpc) is 2.56. The number of nitrogens with one attached hydrogen (secondary N) is 1. The molecule has 2 rings (SSSR count). The Morgan fingerprint density at radius 2 is 2.24 bits per heavy atom. The molecule has 0 unspecified atom stereocenters. The van der Waals surface area contributed by atoms with E-state index in [-0.39, 0.29) is 11.1 Å². The van der Waals surface area contributed by atoms with Crippen molar-refractivity contribution in [2.24, 2.45) is 0 Å². The second-order valence-electron chi connectivity index (χ2n) is 3.47. The summed E-state index contributed by atoms with van der Waals surface area (Å²) in [5.74, 6) is -0.595. The topological polar surface area (TPSA) is 72.7 Å². The van der Waals surface area contributed by atoms with Crippen molar-refractivity contribution in [2.75, 3.05) is 7.11 Å². The highest BCUT2D eigenvalue weighted by Crippen LogP contribution is 2.18. The Kier molecular flexibility index (Phi) is 2.95. The Morgan fingerprint density at radius 3 is 2.88 bits per heavy atom. The van der Waals surface area contributed by atoms with Crippen LogP contribution in [0.5, 0.6) is 0 Å². The molecule has 7 heteroatoms. The molecule has 0 saturated carbocycles. The van der Waals surface area contributed by atoms with Gasteiger partial charge in [-0.15, -0.1) is 11.3 Å². The highest BCUT2D eigenvalue weighted by atomic mass is 32.1. The zero-order valence-electron chi connectivity index (χ0n) is 9.60. The number of aryl methyl sites for hydroxylation is 2. The van der Waals surface area contributed by atoms with Crippen LogP contribution < -0.4 is 11.0 Å². The minimum atomic E-state index is -0.595. The van der Waals surface area contributed by atoms with E-state index in [4.69, 9.17) is 0 Å². The number of rotatable bonds is 2. The van der Waals surface area contributed by atoms with Crippen LogP contribution in [0.2, 0.25) is 0 Å². The van der Waals surface area contributed by atoms with Crippen LogP contribution in [-0.2, 0) is 4.84 Å². The highest BCUT2D eigenvalue weighted by molar-refractivity contribution is 7.17. The lowest BCUT2D eigenvalue weighted by Gasteiger charge is -2.02. The van der Waals surface area contributed by atoms with Crippen LogP contribution in [-0.4, -0.2) is 22.4 Å². The van der Waals surface area contributed by atoms with Gasteiger partial charge < -0.3 is 0 Å². The number of fused-ring (bicyclic) bond motifs is 1. The first-order chi connectivity index (χ1) is 8.06. The van der Waals surface area contributed by atoms with Crippen LogP contribution in [0, 0.1) is 13.8 Å². The first-order valence-corrected chi connectivity index (χ1v) is 5.69. The van der Waals surface area contributed by atoms with Gasteiger partial charge in [-0.1, -0.05) is 0 Å². The Labute approximate surface area is 101 Å². The summed E-state index contributed by atoms with van der Waals surface area (Å²) in [5, 5.41) is 0. The minimum Gasteiger partial charge on any atom is -0.277 e. The quantitative estimate of drug-likeness (QED) is 0.798. The lowest BCUT2D eigenvalue weighted by atomic mass is 10.3. The standard InChI is InChI=1S/C10H11N3O3S/c1-5-6(2)17-10-11-4-7(8(14)12-16-3)9(15)13(5)10/h4H,1-3H3,(H,12,14). The number of amides is 1. The van der Waals surface area contributed by atoms with Crippen molar-refractivity contribution in [1.29, 1.82) is 0 Å². The van der Waals surface area contributed by atoms with E-state index in [9.17, 15) is 9.59 Å². The number of carbonyl (C=O) groups is 1. The fraction of sp³-hybridized carbons (Fsp3) is 0.300. The second-order valence-corrected chi connectivity index (χ2v) is 4.66. The van der Waals surface area contributed by atoms with Gasteiger partial charge in [0, 0.05) is 16.8 Å². The molecule has 17 heavy (non-hydrogen) atoms. The molecule has 0 bridgehead atoms. The zero-order valence-corrected chi connectivity index (χ0v) is 10.4. The number of hydrogen-bond donors (Lipinski definition) is 1. The third kappa shape index (κ3) is 1.83. The molecule has 0 atom stereocenters. The van der Waals surface area contributed by atoms with E-state index in [0.29, 0.717) is 4.96 Å². The van der Waals surface area contributed by atoms with E-state index in [2.05, 4.69) is 15.3 Å². The SMILES string of the molecule is CONC(=O)c1cnc2sc(C)c(C)n2c1=O. The number of carbonyl (C=O) groups excluding carboxylic acids is 1. The molecule has 0 aliphatic rings. The number of aromatic nitrogens is 2. The van der Waals surface area contributed by atoms with Gasteiger partial charge in [-0.25, -0.2) is 10.5 Å². The molecule has 2 heterocycles. The first-order valence-electron chi connectivity index (χ1n) is 4.87. The van der Waals surface area contributed by atoms with Crippen molar-refractivity contribution in [3.8, 4) is 0 Å². The van der Waals surface area contributed by atoms with Gasteiger partial charge in [0.25, 0.3) is 11.5 Å². The van der Waals surface area contributed by atoms with Crippen LogP contribution >= 0.6 is 11.3 Å². The van der Waals surface area contributed by atoms with Crippen LogP contribution in [0.15, 0.2) is 11.0 Å². The average molecular weight is 253 g/mol. The Bertz CT molecular complexity index is 644. The zero-order chi connectivity index (χ0) is 12.6. The molecule has 0 radical (unpaired) electrons. The molecule has 90 valence electrons. The van der Waals surface area contributed by atoms with Crippen molar-refractivity contribution in [3.63, 3.8) is 0 Å². The largest absolute Gasteiger partial charge is 0.282 e. The Hall–Kier alpha value is -1.73. The summed E-state index contributed by atoms with van der Waals surface area (Å²) < 4.78 is 1.44. The number of nitrogens with zero attached hydrogens (tertiary/aromatic N) is 2. The van der Waals surface area contributed by atoms with Gasteiger partial charge in [0.15, 0.2) is 4.96 Å². The van der Waals surface area contributed by atoms with Crippen molar-refractivity contribution < 1.29 is 9.63 Å². The molecule has 0 fully saturated rings. The monoisotopic (exact) mass is 253 g/mol. The summed E-state index contributed by atoms with van der Waals surface area (Å²) in [6.07, 6.45) is 1.27. The van der Waals surface area contributed by atoms with E-state index in [1.54, 1.807) is 0 Å². The van der Waals surface area contributed by atoms with Crippen LogP contribution in [0.4, 0.5) is 0 Å². The van der Waals surface area contributed by atoms with E-state index in [1.165, 1.54) is 29.0 Å². The summed E-state index contributed by atoms with van der Waals surface area (Å²) in [7, 11) is 1.31. The molecule has 6 nitrogen and oxygen atoms in total. The molecular formula is C10H11N3O3S. The predicted octanol–water partition coefficient (Wildman–Crippen LogP) is 0.664. The fourth-order valence-corrected chi connectivity index (χ4v) is 2.41. The van der Waals surface area contributed by atoms with Gasteiger partial charge in [-0.05, 0) is 13.8 Å². The van der Waals surface area contributed by atoms with Gasteiger partial charge in [-0.3, -0.25) is 18.8 Å². The number of thiazole rings is 1. The first kappa shape index (κ1) is 11.7. The smallest absolute Gasteiger partial charge is 0.277 e. The molecular weight excluding hydrogens is 242 g/mol. The van der Waals surface area contributed by atoms with Gasteiger partial charge in [0.05, 0.1) is 7.11 Å². The van der Waals surface area contributed by atoms with Gasteiger partial charge >= 0.3 is 0 Å². The van der Waals surface area contributed by atoms with Crippen LogP contribution in [0.1, 0.15) is 20.9 Å². The summed E-state index contributed by atoms with van der Waals surface area (Å²) in [6, 6.07) is 0. The summed E-state index contributed by atoms with van der Waals surface area (Å²) in [5.41, 5.74) is 2.49. The van der Waals surface area contributed by atoms with Gasteiger partial charge in [0.2, 0.25) is 0 Å². The molecule has 1 N–H and O–H groups in total. The molecule has 2 aromatic heterocycles. The number of hydroxylamine groups is 1. The molecule has 2 aromatic rings. The minimum absolute atomic E-state index is 0.0368. The van der Waals surface area contributed by atoms with Gasteiger partial charge in [-0.2, -0.15) is 0 Å². The third-order valence-electron chi connectivity index (χ3n) is 2.46. The lowest BCUT2D eigenvalue weighted by molar-refractivity contribution is 0.0535. The van der Waals surface area contributed by atoms with Crippen molar-refractivity contribution in [3.05, 3.63) is 32.7 Å². The van der Waals surface area contributed by atoms with Crippen LogP contribution in [0.25, 0.3) is 4.96 Å². The maximum absolute atomic E-state index is 12.1. The normalized spacial score (nSPS) is 10.8. The Balaban J connectivity index is 2.69. The predicted molar refractivity (Wildman–Crippen MR) is 63.3 cm³/mol. The van der Waals surface area contributed by atoms with Gasteiger partial charge in [0.1, 0.15) is 5.56 Å². The molecule has 0 aliphatic carbocycles. The second kappa shape index (κ2) is 4.27. The summed E-state index contributed by atoms with van der Waals surface area (Å²) >= 11 is 1.42. The van der Waals surface area contributed by atoms with E-state index in [0.717, 1.165) is 10.6 Å². The molecule has 0 aliphatic heterocycles. The molecule has 1 amide bonds. The van der Waals surface area contributed by atoms with E-state index in [1.807, 2.05) is 13.8 Å². The van der Waals surface area contributed by atoms with E-state index < -0.39 is 5.91 Å². The fourth-order valence-electron chi connectivity index (χ4n) is 1.48. The lowest BCUT2D eigenvalue weighted by Crippen LogP contribution is -2.31. The highest BCUT2D eigenvalue weighted by Gasteiger charge is 2.16. The molecule has 0 spiro atoms.